The molecule has 0 aromatic rings. The maximum absolute atomic E-state index is 12.0. The highest BCUT2D eigenvalue weighted by atomic mass is 16.6. The van der Waals surface area contributed by atoms with Gasteiger partial charge in [0.25, 0.3) is 0 Å². The first-order valence-electron chi connectivity index (χ1n) is 7.15. The van der Waals surface area contributed by atoms with E-state index in [0.717, 1.165) is 0 Å². The minimum Gasteiger partial charge on any atom is -0.443 e. The van der Waals surface area contributed by atoms with Gasteiger partial charge in [0.1, 0.15) is 11.2 Å². The van der Waals surface area contributed by atoms with Crippen LogP contribution in [0, 0.1) is 0 Å². The predicted octanol–water partition coefficient (Wildman–Crippen LogP) is 3.34. The van der Waals surface area contributed by atoms with Gasteiger partial charge in [-0.2, -0.15) is 0 Å². The molecule has 120 valence electrons. The summed E-state index contributed by atoms with van der Waals surface area (Å²) in [5, 5.41) is 0. The SMILES string of the molecule is CC(C)(C)OC(=O)N1C=CN(C(=O)OC(C)(C)C)CCC1. The Balaban J connectivity index is 2.66. The Bertz CT molecular complexity index is 380. The molecule has 0 saturated heterocycles. The van der Waals surface area contributed by atoms with E-state index in [9.17, 15) is 9.59 Å². The highest BCUT2D eigenvalue weighted by molar-refractivity contribution is 5.71. The molecule has 0 unspecified atom stereocenters. The van der Waals surface area contributed by atoms with E-state index >= 15 is 0 Å². The molecular weight excluding hydrogens is 272 g/mol. The van der Waals surface area contributed by atoms with Gasteiger partial charge in [-0.25, -0.2) is 9.59 Å². The third-order valence-corrected chi connectivity index (χ3v) is 2.48. The van der Waals surface area contributed by atoms with Crippen molar-refractivity contribution in [2.45, 2.75) is 59.2 Å². The van der Waals surface area contributed by atoms with Crippen molar-refractivity contribution in [2.75, 3.05) is 13.1 Å². The smallest absolute Gasteiger partial charge is 0.414 e. The predicted molar refractivity (Wildman–Crippen MR) is 79.6 cm³/mol. The van der Waals surface area contributed by atoms with Crippen LogP contribution in [0.5, 0.6) is 0 Å². The van der Waals surface area contributed by atoms with Crippen molar-refractivity contribution in [2.24, 2.45) is 0 Å². The molecule has 2 amide bonds. The quantitative estimate of drug-likeness (QED) is 0.688. The number of rotatable bonds is 0. The van der Waals surface area contributed by atoms with Crippen LogP contribution in [0.3, 0.4) is 0 Å². The maximum Gasteiger partial charge on any atom is 0.414 e. The van der Waals surface area contributed by atoms with Crippen LogP contribution in [0.15, 0.2) is 12.4 Å². The lowest BCUT2D eigenvalue weighted by Crippen LogP contribution is -2.34. The van der Waals surface area contributed by atoms with Gasteiger partial charge in [0, 0.05) is 25.5 Å². The van der Waals surface area contributed by atoms with Crippen molar-refractivity contribution in [3.63, 3.8) is 0 Å². The van der Waals surface area contributed by atoms with Crippen LogP contribution in [0.4, 0.5) is 9.59 Å². The third kappa shape index (κ3) is 6.51. The van der Waals surface area contributed by atoms with Crippen LogP contribution in [0.1, 0.15) is 48.0 Å². The Kier molecular flexibility index (Phi) is 5.25. The molecule has 0 atom stereocenters. The molecule has 6 heteroatoms. The Hall–Kier alpha value is -1.72. The summed E-state index contributed by atoms with van der Waals surface area (Å²) < 4.78 is 10.6. The summed E-state index contributed by atoms with van der Waals surface area (Å²) in [7, 11) is 0. The van der Waals surface area contributed by atoms with Crippen LogP contribution < -0.4 is 0 Å². The Morgan fingerprint density at radius 1 is 0.810 bits per heavy atom. The highest BCUT2D eigenvalue weighted by Crippen LogP contribution is 2.15. The molecular formula is C15H26N2O4. The standard InChI is InChI=1S/C15H26N2O4/c1-14(2,3)20-12(18)16-8-7-9-17(11-10-16)13(19)21-15(4,5)6/h10-11H,7-9H2,1-6H3. The first-order valence-corrected chi connectivity index (χ1v) is 7.15. The van der Waals surface area contributed by atoms with Gasteiger partial charge in [-0.05, 0) is 48.0 Å². The summed E-state index contributed by atoms with van der Waals surface area (Å²) in [5.41, 5.74) is -1.08. The van der Waals surface area contributed by atoms with E-state index in [1.165, 1.54) is 9.80 Å². The molecule has 0 spiro atoms. The normalized spacial score (nSPS) is 16.5. The lowest BCUT2D eigenvalue weighted by atomic mass is 10.2. The average molecular weight is 298 g/mol. The topological polar surface area (TPSA) is 59.1 Å². The van der Waals surface area contributed by atoms with E-state index in [-0.39, 0.29) is 0 Å². The van der Waals surface area contributed by atoms with Gasteiger partial charge < -0.3 is 9.47 Å². The molecule has 0 aromatic carbocycles. The molecule has 0 radical (unpaired) electrons. The lowest BCUT2D eigenvalue weighted by Gasteiger charge is -2.24. The molecule has 0 N–H and O–H groups in total. The average Bonchev–Trinajstić information content (AvgIpc) is 2.49. The van der Waals surface area contributed by atoms with Crippen LogP contribution in [-0.2, 0) is 9.47 Å². The van der Waals surface area contributed by atoms with Crippen molar-refractivity contribution in [1.82, 2.24) is 9.80 Å². The summed E-state index contributed by atoms with van der Waals surface area (Å²) in [4.78, 5) is 26.9. The van der Waals surface area contributed by atoms with E-state index in [1.54, 1.807) is 12.4 Å². The molecule has 1 aliphatic rings. The van der Waals surface area contributed by atoms with Crippen LogP contribution >= 0.6 is 0 Å². The summed E-state index contributed by atoms with van der Waals surface area (Å²) in [5.74, 6) is 0. The third-order valence-electron chi connectivity index (χ3n) is 2.48. The highest BCUT2D eigenvalue weighted by Gasteiger charge is 2.25. The summed E-state index contributed by atoms with van der Waals surface area (Å²) in [6.07, 6.45) is 2.95. The van der Waals surface area contributed by atoms with Crippen molar-refractivity contribution >= 4 is 12.2 Å². The van der Waals surface area contributed by atoms with Gasteiger partial charge in [0.2, 0.25) is 0 Å². The van der Waals surface area contributed by atoms with Crippen molar-refractivity contribution in [1.29, 1.82) is 0 Å². The minimum atomic E-state index is -0.540. The number of hydrogen-bond donors (Lipinski definition) is 0. The molecule has 0 aromatic heterocycles. The van der Waals surface area contributed by atoms with E-state index in [4.69, 9.17) is 9.47 Å². The first kappa shape index (κ1) is 17.3. The molecule has 1 rings (SSSR count). The molecule has 1 aliphatic heterocycles. The fourth-order valence-corrected chi connectivity index (χ4v) is 1.67. The van der Waals surface area contributed by atoms with Crippen LogP contribution in [0.2, 0.25) is 0 Å². The summed E-state index contributed by atoms with van der Waals surface area (Å²) in [6, 6.07) is 0. The van der Waals surface area contributed by atoms with E-state index in [2.05, 4.69) is 0 Å². The number of carbonyl (C=O) groups is 2. The molecule has 0 fully saturated rings. The van der Waals surface area contributed by atoms with Gasteiger partial charge in [-0.3, -0.25) is 9.80 Å². The molecule has 0 aliphatic carbocycles. The fraction of sp³-hybridized carbons (Fsp3) is 0.733. The number of nitrogens with zero attached hydrogens (tertiary/aromatic N) is 2. The summed E-state index contributed by atoms with van der Waals surface area (Å²) >= 11 is 0. The molecule has 0 saturated carbocycles. The second-order valence-electron chi connectivity index (χ2n) is 7.00. The monoisotopic (exact) mass is 298 g/mol. The molecule has 6 nitrogen and oxygen atoms in total. The zero-order chi connectivity index (χ0) is 16.3. The Labute approximate surface area is 126 Å². The number of carbonyl (C=O) groups excluding carboxylic acids is 2. The van der Waals surface area contributed by atoms with Gasteiger partial charge in [-0.1, -0.05) is 0 Å². The van der Waals surface area contributed by atoms with Gasteiger partial charge in [0.05, 0.1) is 0 Å². The first-order chi connectivity index (χ1) is 9.48. The zero-order valence-corrected chi connectivity index (χ0v) is 13.8. The van der Waals surface area contributed by atoms with Crippen molar-refractivity contribution < 1.29 is 19.1 Å². The largest absolute Gasteiger partial charge is 0.443 e. The minimum absolute atomic E-state index is 0.412. The van der Waals surface area contributed by atoms with Gasteiger partial charge in [0.15, 0.2) is 0 Å². The van der Waals surface area contributed by atoms with E-state index in [1.807, 2.05) is 41.5 Å². The van der Waals surface area contributed by atoms with Crippen molar-refractivity contribution in [3.05, 3.63) is 12.4 Å². The Morgan fingerprint density at radius 3 is 1.43 bits per heavy atom. The lowest BCUT2D eigenvalue weighted by molar-refractivity contribution is 0.0334. The zero-order valence-electron chi connectivity index (χ0n) is 13.8. The number of hydrogen-bond acceptors (Lipinski definition) is 4. The maximum atomic E-state index is 12.0. The van der Waals surface area contributed by atoms with Crippen molar-refractivity contribution in [3.8, 4) is 0 Å². The molecule has 1 heterocycles. The second-order valence-corrected chi connectivity index (χ2v) is 7.00. The second kappa shape index (κ2) is 6.37. The number of amides is 2. The Morgan fingerprint density at radius 2 is 1.14 bits per heavy atom. The van der Waals surface area contributed by atoms with Gasteiger partial charge in [-0.15, -0.1) is 0 Å². The molecule has 21 heavy (non-hydrogen) atoms. The van der Waals surface area contributed by atoms with E-state index in [0.29, 0.717) is 19.5 Å². The van der Waals surface area contributed by atoms with Crippen LogP contribution in [0.25, 0.3) is 0 Å². The number of ether oxygens (including phenoxy) is 2. The van der Waals surface area contributed by atoms with E-state index < -0.39 is 23.4 Å². The van der Waals surface area contributed by atoms with Gasteiger partial charge >= 0.3 is 12.2 Å². The summed E-state index contributed by atoms with van der Waals surface area (Å²) in [6.45, 7) is 11.9. The van der Waals surface area contributed by atoms with Crippen LogP contribution in [-0.4, -0.2) is 46.3 Å². The fourth-order valence-electron chi connectivity index (χ4n) is 1.67. The molecule has 0 bridgehead atoms.